The lowest BCUT2D eigenvalue weighted by Crippen LogP contribution is -2.26. The minimum atomic E-state index is -0.463. The molecule has 0 radical (unpaired) electrons. The maximum atomic E-state index is 13.8. The molecular weight excluding hydrogens is 357 g/mol. The van der Waals surface area contributed by atoms with E-state index in [0.717, 1.165) is 5.56 Å². The number of carbonyl (C=O) groups excluding carboxylic acids is 1. The first-order chi connectivity index (χ1) is 12.5. The van der Waals surface area contributed by atoms with Gasteiger partial charge in [0.05, 0.1) is 6.42 Å². The van der Waals surface area contributed by atoms with Crippen LogP contribution in [0.15, 0.2) is 46.9 Å². The van der Waals surface area contributed by atoms with E-state index in [0.29, 0.717) is 13.0 Å². The van der Waals surface area contributed by atoms with Gasteiger partial charge in [-0.2, -0.15) is 0 Å². The molecule has 26 heavy (non-hydrogen) atoms. The zero-order valence-corrected chi connectivity index (χ0v) is 14.9. The van der Waals surface area contributed by atoms with E-state index in [-0.39, 0.29) is 28.8 Å². The fraction of sp³-hybridized carbons (Fsp3) is 0.211. The molecule has 1 aromatic heterocycles. The third kappa shape index (κ3) is 4.46. The molecule has 3 aromatic rings. The van der Waals surface area contributed by atoms with E-state index >= 15 is 0 Å². The normalized spacial score (nSPS) is 10.7. The van der Waals surface area contributed by atoms with Crippen molar-refractivity contribution in [2.75, 3.05) is 6.54 Å². The van der Waals surface area contributed by atoms with Gasteiger partial charge in [-0.25, -0.2) is 4.39 Å². The first kappa shape index (κ1) is 18.1. The number of hydrogen-bond acceptors (Lipinski definition) is 4. The summed E-state index contributed by atoms with van der Waals surface area (Å²) in [6.07, 6.45) is 0.715. The van der Waals surface area contributed by atoms with Crippen LogP contribution in [0.2, 0.25) is 5.02 Å². The predicted octanol–water partition coefficient (Wildman–Crippen LogP) is 3.73. The van der Waals surface area contributed by atoms with Gasteiger partial charge in [-0.05, 0) is 31.0 Å². The molecule has 0 aliphatic carbocycles. The average molecular weight is 374 g/mol. The van der Waals surface area contributed by atoms with Crippen LogP contribution in [0.25, 0.3) is 0 Å². The minimum Gasteiger partial charge on any atom is -0.417 e. The van der Waals surface area contributed by atoms with Gasteiger partial charge in [0.1, 0.15) is 5.82 Å². The molecule has 0 unspecified atom stereocenters. The third-order valence-electron chi connectivity index (χ3n) is 3.87. The standard InChI is InChI=1S/C19H17ClFN3O2/c1-12-5-7-13(8-6-12)9-10-22-18(25)19-24-23-17(26-19)11-14-15(20)3-2-4-16(14)21/h2-8H,9-11H2,1H3,(H,22,25). The third-order valence-corrected chi connectivity index (χ3v) is 4.22. The highest BCUT2D eigenvalue weighted by Gasteiger charge is 2.17. The molecule has 0 bridgehead atoms. The number of rotatable bonds is 6. The van der Waals surface area contributed by atoms with Crippen molar-refractivity contribution in [1.29, 1.82) is 0 Å². The first-order valence-electron chi connectivity index (χ1n) is 8.12. The van der Waals surface area contributed by atoms with Gasteiger partial charge in [0.15, 0.2) is 0 Å². The van der Waals surface area contributed by atoms with Crippen molar-refractivity contribution >= 4 is 17.5 Å². The van der Waals surface area contributed by atoms with Crippen LogP contribution >= 0.6 is 11.6 Å². The summed E-state index contributed by atoms with van der Waals surface area (Å²) < 4.78 is 19.1. The highest BCUT2D eigenvalue weighted by atomic mass is 35.5. The second kappa shape index (κ2) is 8.10. The SMILES string of the molecule is Cc1ccc(CCNC(=O)c2nnc(Cc3c(F)cccc3Cl)o2)cc1. The zero-order chi connectivity index (χ0) is 18.5. The second-order valence-electron chi connectivity index (χ2n) is 5.87. The molecule has 2 aromatic carbocycles. The molecule has 5 nitrogen and oxygen atoms in total. The average Bonchev–Trinajstić information content (AvgIpc) is 3.09. The van der Waals surface area contributed by atoms with E-state index < -0.39 is 11.7 Å². The lowest BCUT2D eigenvalue weighted by Gasteiger charge is -2.03. The predicted molar refractivity (Wildman–Crippen MR) is 95.7 cm³/mol. The van der Waals surface area contributed by atoms with Gasteiger partial charge in [0.2, 0.25) is 5.89 Å². The Bertz CT molecular complexity index is 889. The monoisotopic (exact) mass is 373 g/mol. The van der Waals surface area contributed by atoms with Crippen molar-refractivity contribution in [1.82, 2.24) is 15.5 Å². The molecule has 1 heterocycles. The Kier molecular flexibility index (Phi) is 5.63. The Labute approximate surface area is 155 Å². The Morgan fingerprint density at radius 1 is 1.19 bits per heavy atom. The maximum Gasteiger partial charge on any atom is 0.308 e. The molecule has 1 N–H and O–H groups in total. The van der Waals surface area contributed by atoms with Gasteiger partial charge in [0, 0.05) is 17.1 Å². The van der Waals surface area contributed by atoms with E-state index in [1.54, 1.807) is 6.07 Å². The van der Waals surface area contributed by atoms with E-state index in [9.17, 15) is 9.18 Å². The lowest BCUT2D eigenvalue weighted by molar-refractivity contribution is 0.0918. The van der Waals surface area contributed by atoms with E-state index in [1.165, 1.54) is 17.7 Å². The van der Waals surface area contributed by atoms with Crippen molar-refractivity contribution in [3.8, 4) is 0 Å². The summed E-state index contributed by atoms with van der Waals surface area (Å²) in [7, 11) is 0. The van der Waals surface area contributed by atoms with Gasteiger partial charge in [-0.3, -0.25) is 4.79 Å². The smallest absolute Gasteiger partial charge is 0.308 e. The van der Waals surface area contributed by atoms with Crippen LogP contribution in [0.1, 0.15) is 33.3 Å². The van der Waals surface area contributed by atoms with Crippen LogP contribution in [-0.4, -0.2) is 22.6 Å². The molecule has 1 amide bonds. The number of hydrogen-bond donors (Lipinski definition) is 1. The first-order valence-corrected chi connectivity index (χ1v) is 8.50. The van der Waals surface area contributed by atoms with Crippen molar-refractivity contribution < 1.29 is 13.6 Å². The summed E-state index contributed by atoms with van der Waals surface area (Å²) in [5.74, 6) is -0.952. The number of aromatic nitrogens is 2. The highest BCUT2D eigenvalue weighted by Crippen LogP contribution is 2.21. The molecule has 0 fully saturated rings. The summed E-state index contributed by atoms with van der Waals surface area (Å²) in [5, 5.41) is 10.5. The van der Waals surface area contributed by atoms with Crippen molar-refractivity contribution in [2.45, 2.75) is 19.8 Å². The molecular formula is C19H17ClFN3O2. The molecule has 7 heteroatoms. The largest absolute Gasteiger partial charge is 0.417 e. The lowest BCUT2D eigenvalue weighted by atomic mass is 10.1. The Hall–Kier alpha value is -2.73. The summed E-state index contributed by atoms with van der Waals surface area (Å²) in [4.78, 5) is 12.1. The number of aryl methyl sites for hydroxylation is 1. The number of nitrogens with one attached hydrogen (secondary N) is 1. The number of carbonyl (C=O) groups is 1. The van der Waals surface area contributed by atoms with E-state index in [1.807, 2.05) is 31.2 Å². The Morgan fingerprint density at radius 3 is 2.69 bits per heavy atom. The molecule has 0 aliphatic heterocycles. The van der Waals surface area contributed by atoms with E-state index in [4.69, 9.17) is 16.0 Å². The molecule has 134 valence electrons. The summed E-state index contributed by atoms with van der Waals surface area (Å²) in [5.41, 5.74) is 2.56. The summed E-state index contributed by atoms with van der Waals surface area (Å²) in [6, 6.07) is 12.5. The van der Waals surface area contributed by atoms with Crippen LogP contribution < -0.4 is 5.32 Å². The van der Waals surface area contributed by atoms with Gasteiger partial charge in [-0.1, -0.05) is 47.5 Å². The topological polar surface area (TPSA) is 68.0 Å². The Morgan fingerprint density at radius 2 is 1.96 bits per heavy atom. The van der Waals surface area contributed by atoms with Gasteiger partial charge >= 0.3 is 11.8 Å². The van der Waals surface area contributed by atoms with Gasteiger partial charge in [0.25, 0.3) is 0 Å². The number of nitrogens with zero attached hydrogens (tertiary/aromatic N) is 2. The van der Waals surface area contributed by atoms with Crippen LogP contribution in [0.3, 0.4) is 0 Å². The molecule has 0 atom stereocenters. The summed E-state index contributed by atoms with van der Waals surface area (Å²) in [6.45, 7) is 2.46. The quantitative estimate of drug-likeness (QED) is 0.714. The van der Waals surface area contributed by atoms with Crippen molar-refractivity contribution in [2.24, 2.45) is 0 Å². The minimum absolute atomic E-state index is 0.0230. The maximum absolute atomic E-state index is 13.8. The van der Waals surface area contributed by atoms with Crippen molar-refractivity contribution in [3.63, 3.8) is 0 Å². The zero-order valence-electron chi connectivity index (χ0n) is 14.1. The number of halogens is 2. The second-order valence-corrected chi connectivity index (χ2v) is 6.28. The molecule has 3 rings (SSSR count). The van der Waals surface area contributed by atoms with Crippen LogP contribution in [0.5, 0.6) is 0 Å². The van der Waals surface area contributed by atoms with Crippen LogP contribution in [-0.2, 0) is 12.8 Å². The molecule has 0 saturated carbocycles. The van der Waals surface area contributed by atoms with Gasteiger partial charge in [-0.15, -0.1) is 10.2 Å². The van der Waals surface area contributed by atoms with Crippen LogP contribution in [0, 0.1) is 12.7 Å². The van der Waals surface area contributed by atoms with E-state index in [2.05, 4.69) is 15.5 Å². The van der Waals surface area contributed by atoms with Gasteiger partial charge < -0.3 is 9.73 Å². The molecule has 0 saturated heterocycles. The Balaban J connectivity index is 1.57. The number of amides is 1. The molecule has 0 spiro atoms. The van der Waals surface area contributed by atoms with Crippen molar-refractivity contribution in [3.05, 3.63) is 81.8 Å². The number of benzene rings is 2. The fourth-order valence-electron chi connectivity index (χ4n) is 2.42. The molecule has 0 aliphatic rings. The summed E-state index contributed by atoms with van der Waals surface area (Å²) >= 11 is 5.98. The van der Waals surface area contributed by atoms with Crippen LogP contribution in [0.4, 0.5) is 4.39 Å². The highest BCUT2D eigenvalue weighted by molar-refractivity contribution is 6.31. The fourth-order valence-corrected chi connectivity index (χ4v) is 2.65.